The molecular formula is C22H20FN3O. The van der Waals surface area contributed by atoms with Gasteiger partial charge in [-0.15, -0.1) is 0 Å². The molecule has 3 heterocycles. The largest absolute Gasteiger partial charge is 0.346 e. The Kier molecular flexibility index (Phi) is 3.81. The van der Waals surface area contributed by atoms with Crippen LogP contribution < -0.4 is 0 Å². The van der Waals surface area contributed by atoms with Crippen molar-refractivity contribution >= 4 is 22.5 Å². The third kappa shape index (κ3) is 2.83. The van der Waals surface area contributed by atoms with Crippen LogP contribution in [0.25, 0.3) is 16.6 Å². The number of hydrogen-bond acceptors (Lipinski definition) is 2. The Labute approximate surface area is 156 Å². The van der Waals surface area contributed by atoms with Crippen LogP contribution in [-0.4, -0.2) is 33.9 Å². The van der Waals surface area contributed by atoms with Gasteiger partial charge in [0, 0.05) is 42.4 Å². The molecule has 1 saturated carbocycles. The summed E-state index contributed by atoms with van der Waals surface area (Å²) in [4.78, 5) is 22.3. The molecule has 4 nitrogen and oxygen atoms in total. The summed E-state index contributed by atoms with van der Waals surface area (Å²) in [5, 5.41) is 1.12. The van der Waals surface area contributed by atoms with Crippen molar-refractivity contribution in [2.75, 3.05) is 13.1 Å². The van der Waals surface area contributed by atoms with Crippen molar-refractivity contribution in [3.05, 3.63) is 71.8 Å². The third-order valence-electron chi connectivity index (χ3n) is 5.73. The third-order valence-corrected chi connectivity index (χ3v) is 5.73. The molecule has 1 amide bonds. The number of nitrogens with one attached hydrogen (secondary N) is 1. The number of amides is 1. The zero-order valence-corrected chi connectivity index (χ0v) is 14.9. The summed E-state index contributed by atoms with van der Waals surface area (Å²) in [7, 11) is 0. The molecular weight excluding hydrogens is 341 g/mol. The van der Waals surface area contributed by atoms with E-state index >= 15 is 0 Å². The van der Waals surface area contributed by atoms with Gasteiger partial charge < -0.3 is 9.88 Å². The van der Waals surface area contributed by atoms with Gasteiger partial charge in [-0.3, -0.25) is 4.79 Å². The Hall–Kier alpha value is -2.95. The van der Waals surface area contributed by atoms with Crippen molar-refractivity contribution in [1.82, 2.24) is 14.9 Å². The van der Waals surface area contributed by atoms with E-state index in [0.717, 1.165) is 23.9 Å². The quantitative estimate of drug-likeness (QED) is 0.763. The summed E-state index contributed by atoms with van der Waals surface area (Å²) in [6.45, 7) is 1.32. The predicted octanol–water partition coefficient (Wildman–Crippen LogP) is 4.12. The highest BCUT2D eigenvalue weighted by molar-refractivity contribution is 5.91. The number of H-pyrrole nitrogens is 1. The number of carbonyl (C=O) groups is 1. The molecule has 2 atom stereocenters. The molecule has 0 bridgehead atoms. The lowest BCUT2D eigenvalue weighted by Crippen LogP contribution is -2.36. The van der Waals surface area contributed by atoms with Crippen molar-refractivity contribution in [1.29, 1.82) is 0 Å². The predicted molar refractivity (Wildman–Crippen MR) is 103 cm³/mol. The van der Waals surface area contributed by atoms with Crippen LogP contribution >= 0.6 is 0 Å². The first-order chi connectivity index (χ1) is 13.2. The second-order valence-corrected chi connectivity index (χ2v) is 7.34. The summed E-state index contributed by atoms with van der Waals surface area (Å²) in [6, 6.07) is 10.8. The molecule has 1 N–H and O–H groups in total. The van der Waals surface area contributed by atoms with E-state index in [9.17, 15) is 9.18 Å². The summed E-state index contributed by atoms with van der Waals surface area (Å²) >= 11 is 0. The highest BCUT2D eigenvalue weighted by Gasteiger charge is 2.46. The zero-order valence-electron chi connectivity index (χ0n) is 14.9. The molecule has 1 aliphatic heterocycles. The molecule has 0 spiro atoms. The molecule has 5 rings (SSSR count). The summed E-state index contributed by atoms with van der Waals surface area (Å²) in [5.74, 6) is -0.0939. The van der Waals surface area contributed by atoms with Crippen LogP contribution in [0.15, 0.2) is 54.9 Å². The fourth-order valence-corrected chi connectivity index (χ4v) is 4.16. The van der Waals surface area contributed by atoms with Gasteiger partial charge in [0.15, 0.2) is 0 Å². The smallest absolute Gasteiger partial charge is 0.226 e. The normalized spacial score (nSPS) is 22.0. The Morgan fingerprint density at radius 2 is 2.11 bits per heavy atom. The standard InChI is InChI=1S/C22H20FN3O/c23-20-6-2-1-4-15(20)17-12-18(17)22(27)26-10-7-14(8-11-26)19-13-25-21-16(19)5-3-9-24-21/h1-7,9,13,17-18H,8,10-12H2,(H,24,25)/t17-,18+/m1/s1. The van der Waals surface area contributed by atoms with Crippen molar-refractivity contribution in [3.63, 3.8) is 0 Å². The van der Waals surface area contributed by atoms with E-state index in [-0.39, 0.29) is 23.6 Å². The number of pyridine rings is 1. The van der Waals surface area contributed by atoms with Crippen LogP contribution in [0.1, 0.15) is 29.9 Å². The number of nitrogens with zero attached hydrogens (tertiary/aromatic N) is 2. The fourth-order valence-electron chi connectivity index (χ4n) is 4.16. The number of halogens is 1. The van der Waals surface area contributed by atoms with Gasteiger partial charge in [0.05, 0.1) is 0 Å². The minimum absolute atomic E-state index is 0.0313. The van der Waals surface area contributed by atoms with E-state index in [1.54, 1.807) is 18.3 Å². The Morgan fingerprint density at radius 1 is 1.22 bits per heavy atom. The van der Waals surface area contributed by atoms with Gasteiger partial charge in [0.25, 0.3) is 0 Å². The van der Waals surface area contributed by atoms with Gasteiger partial charge in [0.1, 0.15) is 11.5 Å². The lowest BCUT2D eigenvalue weighted by molar-refractivity contribution is -0.132. The van der Waals surface area contributed by atoms with E-state index in [0.29, 0.717) is 18.7 Å². The molecule has 5 heteroatoms. The zero-order chi connectivity index (χ0) is 18.4. The molecule has 3 aromatic rings. The van der Waals surface area contributed by atoms with E-state index in [1.807, 2.05) is 23.2 Å². The van der Waals surface area contributed by atoms with E-state index in [4.69, 9.17) is 0 Å². The number of hydrogen-bond donors (Lipinski definition) is 1. The first-order valence-electron chi connectivity index (χ1n) is 9.37. The van der Waals surface area contributed by atoms with Crippen LogP contribution in [-0.2, 0) is 4.79 Å². The van der Waals surface area contributed by atoms with Gasteiger partial charge >= 0.3 is 0 Å². The van der Waals surface area contributed by atoms with E-state index in [1.165, 1.54) is 17.2 Å². The summed E-state index contributed by atoms with van der Waals surface area (Å²) in [6.07, 6.45) is 7.49. The number of aromatic nitrogens is 2. The van der Waals surface area contributed by atoms with Crippen molar-refractivity contribution in [3.8, 4) is 0 Å². The van der Waals surface area contributed by atoms with Gasteiger partial charge in [-0.25, -0.2) is 9.37 Å². The van der Waals surface area contributed by atoms with Crippen molar-refractivity contribution in [2.24, 2.45) is 5.92 Å². The van der Waals surface area contributed by atoms with E-state index in [2.05, 4.69) is 22.1 Å². The molecule has 2 aromatic heterocycles. The molecule has 1 aromatic carbocycles. The summed E-state index contributed by atoms with van der Waals surface area (Å²) in [5.41, 5.74) is 3.98. The first kappa shape index (κ1) is 16.2. The number of rotatable bonds is 3. The maximum Gasteiger partial charge on any atom is 0.226 e. The van der Waals surface area contributed by atoms with Crippen molar-refractivity contribution in [2.45, 2.75) is 18.8 Å². The topological polar surface area (TPSA) is 49.0 Å². The lowest BCUT2D eigenvalue weighted by atomic mass is 9.99. The molecule has 0 saturated heterocycles. The molecule has 27 heavy (non-hydrogen) atoms. The first-order valence-corrected chi connectivity index (χ1v) is 9.37. The van der Waals surface area contributed by atoms with Crippen LogP contribution in [0, 0.1) is 11.7 Å². The molecule has 1 aliphatic carbocycles. The van der Waals surface area contributed by atoms with Gasteiger partial charge in [0.2, 0.25) is 5.91 Å². The lowest BCUT2D eigenvalue weighted by Gasteiger charge is -2.27. The highest BCUT2D eigenvalue weighted by Crippen LogP contribution is 2.49. The monoisotopic (exact) mass is 361 g/mol. The van der Waals surface area contributed by atoms with Crippen molar-refractivity contribution < 1.29 is 9.18 Å². The molecule has 2 aliphatic rings. The Bertz CT molecular complexity index is 1050. The van der Waals surface area contributed by atoms with Gasteiger partial charge in [-0.2, -0.15) is 0 Å². The highest BCUT2D eigenvalue weighted by atomic mass is 19.1. The maximum absolute atomic E-state index is 14.0. The minimum Gasteiger partial charge on any atom is -0.346 e. The van der Waals surface area contributed by atoms with Crippen LogP contribution in [0.2, 0.25) is 0 Å². The SMILES string of the molecule is O=C([C@H]1C[C@@H]1c1ccccc1F)N1CC=C(c2c[nH]c3ncccc23)CC1. The second kappa shape index (κ2) is 6.34. The molecule has 0 radical (unpaired) electrons. The minimum atomic E-state index is -0.202. The Balaban J connectivity index is 1.29. The van der Waals surface area contributed by atoms with Gasteiger partial charge in [-0.05, 0) is 48.1 Å². The average molecular weight is 361 g/mol. The maximum atomic E-state index is 14.0. The molecule has 0 unspecified atom stereocenters. The molecule has 136 valence electrons. The number of fused-ring (bicyclic) bond motifs is 1. The van der Waals surface area contributed by atoms with Gasteiger partial charge in [-0.1, -0.05) is 24.3 Å². The summed E-state index contributed by atoms with van der Waals surface area (Å²) < 4.78 is 14.0. The Morgan fingerprint density at radius 3 is 2.93 bits per heavy atom. The average Bonchev–Trinajstić information content (AvgIpc) is 3.38. The van der Waals surface area contributed by atoms with Crippen LogP contribution in [0.4, 0.5) is 4.39 Å². The number of benzene rings is 1. The number of aromatic amines is 1. The van der Waals surface area contributed by atoms with Crippen LogP contribution in [0.3, 0.4) is 0 Å². The van der Waals surface area contributed by atoms with E-state index < -0.39 is 0 Å². The number of carbonyl (C=O) groups excluding carboxylic acids is 1. The second-order valence-electron chi connectivity index (χ2n) is 7.34. The fraction of sp³-hybridized carbons (Fsp3) is 0.273. The molecule has 1 fully saturated rings. The van der Waals surface area contributed by atoms with Crippen LogP contribution in [0.5, 0.6) is 0 Å².